The maximum atomic E-state index is 11.9. The second-order valence-corrected chi connectivity index (χ2v) is 4.99. The van der Waals surface area contributed by atoms with Gasteiger partial charge in [0.05, 0.1) is 19.4 Å². The molecule has 0 saturated carbocycles. The Morgan fingerprint density at radius 2 is 1.86 bits per heavy atom. The second kappa shape index (κ2) is 7.45. The number of benzene rings is 1. The molecule has 0 spiro atoms. The van der Waals surface area contributed by atoms with E-state index < -0.39 is 6.10 Å². The molecule has 1 heterocycles. The molecule has 0 aliphatic carbocycles. The Labute approximate surface area is 129 Å². The van der Waals surface area contributed by atoms with Gasteiger partial charge in [-0.25, -0.2) is 0 Å². The first kappa shape index (κ1) is 15.8. The first-order valence-corrected chi connectivity index (χ1v) is 7.06. The van der Waals surface area contributed by atoms with Gasteiger partial charge < -0.3 is 14.1 Å². The summed E-state index contributed by atoms with van der Waals surface area (Å²) in [4.78, 5) is 24.8. The van der Waals surface area contributed by atoms with Gasteiger partial charge in [-0.05, 0) is 17.7 Å². The van der Waals surface area contributed by atoms with E-state index in [1.165, 1.54) is 13.8 Å². The van der Waals surface area contributed by atoms with Gasteiger partial charge in [0.25, 0.3) is 0 Å². The van der Waals surface area contributed by atoms with Crippen molar-refractivity contribution < 1.29 is 18.7 Å². The highest BCUT2D eigenvalue weighted by atomic mass is 16.5. The van der Waals surface area contributed by atoms with Crippen molar-refractivity contribution in [3.8, 4) is 0 Å². The molecule has 5 heteroatoms. The molecule has 1 unspecified atom stereocenters. The Kier molecular flexibility index (Phi) is 5.36. The topological polar surface area (TPSA) is 59.8 Å². The zero-order valence-electron chi connectivity index (χ0n) is 12.7. The van der Waals surface area contributed by atoms with E-state index in [0.717, 1.165) is 5.56 Å². The fourth-order valence-corrected chi connectivity index (χ4v) is 2.17. The number of carbonyl (C=O) groups excluding carboxylic acids is 2. The van der Waals surface area contributed by atoms with Crippen molar-refractivity contribution >= 4 is 11.9 Å². The summed E-state index contributed by atoms with van der Waals surface area (Å²) in [6.07, 6.45) is 1.06. The summed E-state index contributed by atoms with van der Waals surface area (Å²) in [5.41, 5.74) is 0.850. The zero-order chi connectivity index (χ0) is 15.9. The van der Waals surface area contributed by atoms with Crippen molar-refractivity contribution in [1.29, 1.82) is 0 Å². The standard InChI is InChI=1S/C17H19NO4/c1-13(19)18(11-16-9-6-10-21-16)12-17(22-14(2)20)15-7-4-3-5-8-15/h3-10,17H,11-12H2,1-2H3. The third-order valence-corrected chi connectivity index (χ3v) is 3.24. The molecule has 1 aromatic heterocycles. The first-order valence-electron chi connectivity index (χ1n) is 7.06. The molecule has 1 aromatic carbocycles. The molecule has 22 heavy (non-hydrogen) atoms. The molecule has 2 rings (SSSR count). The smallest absolute Gasteiger partial charge is 0.303 e. The van der Waals surface area contributed by atoms with Crippen LogP contribution >= 0.6 is 0 Å². The first-order chi connectivity index (χ1) is 10.6. The Bertz CT molecular complexity index is 607. The molecule has 0 bridgehead atoms. The number of esters is 1. The van der Waals surface area contributed by atoms with Crippen LogP contribution in [0.15, 0.2) is 53.1 Å². The molecule has 1 amide bonds. The van der Waals surface area contributed by atoms with Crippen molar-refractivity contribution in [1.82, 2.24) is 4.90 Å². The maximum absolute atomic E-state index is 11.9. The lowest BCUT2D eigenvalue weighted by Gasteiger charge is -2.26. The number of amides is 1. The van der Waals surface area contributed by atoms with Crippen LogP contribution in [0.4, 0.5) is 0 Å². The van der Waals surface area contributed by atoms with Crippen molar-refractivity contribution in [2.24, 2.45) is 0 Å². The van der Waals surface area contributed by atoms with Crippen LogP contribution in [0.5, 0.6) is 0 Å². The van der Waals surface area contributed by atoms with Gasteiger partial charge >= 0.3 is 5.97 Å². The van der Waals surface area contributed by atoms with Gasteiger partial charge in [-0.2, -0.15) is 0 Å². The quantitative estimate of drug-likeness (QED) is 0.770. The summed E-state index contributed by atoms with van der Waals surface area (Å²) in [5, 5.41) is 0. The summed E-state index contributed by atoms with van der Waals surface area (Å²) < 4.78 is 10.7. The van der Waals surface area contributed by atoms with Gasteiger partial charge in [0.1, 0.15) is 11.9 Å². The number of ether oxygens (including phenoxy) is 1. The molecule has 2 aromatic rings. The van der Waals surface area contributed by atoms with Crippen molar-refractivity contribution in [2.45, 2.75) is 26.5 Å². The van der Waals surface area contributed by atoms with E-state index in [0.29, 0.717) is 12.3 Å². The summed E-state index contributed by atoms with van der Waals surface area (Å²) in [5.74, 6) is 0.199. The molecule has 0 N–H and O–H groups in total. The van der Waals surface area contributed by atoms with Gasteiger partial charge in [-0.3, -0.25) is 9.59 Å². The normalized spacial score (nSPS) is 11.7. The fourth-order valence-electron chi connectivity index (χ4n) is 2.17. The SMILES string of the molecule is CC(=O)OC(CN(Cc1ccco1)C(C)=O)c1ccccc1. The predicted octanol–water partition coefficient (Wildman–Crippen LogP) is 2.93. The molecule has 0 aliphatic rings. The lowest BCUT2D eigenvalue weighted by molar-refractivity contribution is -0.150. The molecule has 116 valence electrons. The third kappa shape index (κ3) is 4.48. The van der Waals surface area contributed by atoms with Crippen LogP contribution in [-0.4, -0.2) is 23.3 Å². The molecular weight excluding hydrogens is 282 g/mol. The lowest BCUT2D eigenvalue weighted by atomic mass is 10.1. The Morgan fingerprint density at radius 3 is 2.41 bits per heavy atom. The van der Waals surface area contributed by atoms with Crippen LogP contribution < -0.4 is 0 Å². The molecule has 0 radical (unpaired) electrons. The minimum absolute atomic E-state index is 0.107. The van der Waals surface area contributed by atoms with Gasteiger partial charge in [0, 0.05) is 13.8 Å². The van der Waals surface area contributed by atoms with Crippen LogP contribution in [0.25, 0.3) is 0 Å². The average Bonchev–Trinajstić information content (AvgIpc) is 2.99. The average molecular weight is 301 g/mol. The van der Waals surface area contributed by atoms with Gasteiger partial charge in [0.15, 0.2) is 0 Å². The van der Waals surface area contributed by atoms with E-state index in [4.69, 9.17) is 9.15 Å². The number of rotatable bonds is 6. The molecule has 5 nitrogen and oxygen atoms in total. The Hall–Kier alpha value is -2.56. The van der Waals surface area contributed by atoms with E-state index in [1.807, 2.05) is 30.3 Å². The van der Waals surface area contributed by atoms with Crippen LogP contribution in [0.1, 0.15) is 31.3 Å². The van der Waals surface area contributed by atoms with Crippen LogP contribution in [0, 0.1) is 0 Å². The van der Waals surface area contributed by atoms with Crippen LogP contribution in [0.2, 0.25) is 0 Å². The minimum Gasteiger partial charge on any atom is -0.467 e. The Morgan fingerprint density at radius 1 is 1.14 bits per heavy atom. The largest absolute Gasteiger partial charge is 0.467 e. The van der Waals surface area contributed by atoms with E-state index in [9.17, 15) is 9.59 Å². The summed E-state index contributed by atoms with van der Waals surface area (Å²) in [6.45, 7) is 3.46. The second-order valence-electron chi connectivity index (χ2n) is 4.99. The number of hydrogen-bond donors (Lipinski definition) is 0. The summed E-state index contributed by atoms with van der Waals surface area (Å²) in [7, 11) is 0. The highest BCUT2D eigenvalue weighted by Gasteiger charge is 2.21. The van der Waals surface area contributed by atoms with Crippen molar-refractivity contribution in [2.75, 3.05) is 6.54 Å². The van der Waals surface area contributed by atoms with E-state index >= 15 is 0 Å². The lowest BCUT2D eigenvalue weighted by Crippen LogP contribution is -2.33. The fraction of sp³-hybridized carbons (Fsp3) is 0.294. The van der Waals surface area contributed by atoms with Gasteiger partial charge in [-0.15, -0.1) is 0 Å². The van der Waals surface area contributed by atoms with Gasteiger partial charge in [-0.1, -0.05) is 30.3 Å². The Balaban J connectivity index is 2.15. The predicted molar refractivity (Wildman–Crippen MR) is 80.7 cm³/mol. The van der Waals surface area contributed by atoms with E-state index in [1.54, 1.807) is 23.3 Å². The van der Waals surface area contributed by atoms with E-state index in [2.05, 4.69) is 0 Å². The molecular formula is C17H19NO4. The molecule has 0 saturated heterocycles. The number of furan rings is 1. The van der Waals surface area contributed by atoms with Crippen LogP contribution in [0.3, 0.4) is 0 Å². The third-order valence-electron chi connectivity index (χ3n) is 3.24. The number of hydrogen-bond acceptors (Lipinski definition) is 4. The summed E-state index contributed by atoms with van der Waals surface area (Å²) in [6, 6.07) is 13.0. The maximum Gasteiger partial charge on any atom is 0.303 e. The molecule has 0 aliphatic heterocycles. The number of carbonyl (C=O) groups is 2. The number of nitrogens with zero attached hydrogens (tertiary/aromatic N) is 1. The summed E-state index contributed by atoms with van der Waals surface area (Å²) >= 11 is 0. The van der Waals surface area contributed by atoms with Crippen molar-refractivity contribution in [3.05, 3.63) is 60.1 Å². The highest BCUT2D eigenvalue weighted by molar-refractivity contribution is 5.73. The molecule has 0 fully saturated rings. The minimum atomic E-state index is -0.502. The van der Waals surface area contributed by atoms with Crippen LogP contribution in [-0.2, 0) is 20.9 Å². The van der Waals surface area contributed by atoms with Crippen molar-refractivity contribution in [3.63, 3.8) is 0 Å². The monoisotopic (exact) mass is 301 g/mol. The van der Waals surface area contributed by atoms with Gasteiger partial charge in [0.2, 0.25) is 5.91 Å². The highest BCUT2D eigenvalue weighted by Crippen LogP contribution is 2.20. The molecule has 1 atom stereocenters. The van der Waals surface area contributed by atoms with E-state index in [-0.39, 0.29) is 18.4 Å². The zero-order valence-corrected chi connectivity index (χ0v) is 12.7.